The SMILES string of the molecule is Cc1c(-c2ccccc2)cc2n(C)c3ccccc3n12. The van der Waals surface area contributed by atoms with Crippen LogP contribution in [0.1, 0.15) is 5.69 Å². The smallest absolute Gasteiger partial charge is 0.118 e. The molecular formula is C18H16N2. The van der Waals surface area contributed by atoms with Crippen molar-refractivity contribution in [3.8, 4) is 11.1 Å². The van der Waals surface area contributed by atoms with Gasteiger partial charge in [0.1, 0.15) is 5.65 Å². The third-order valence-corrected chi connectivity index (χ3v) is 4.14. The number of rotatable bonds is 1. The molecule has 4 rings (SSSR count). The molecule has 0 atom stereocenters. The summed E-state index contributed by atoms with van der Waals surface area (Å²) in [5.74, 6) is 0. The number of benzene rings is 2. The van der Waals surface area contributed by atoms with Crippen LogP contribution in [0.15, 0.2) is 60.7 Å². The van der Waals surface area contributed by atoms with E-state index in [0.717, 1.165) is 0 Å². The van der Waals surface area contributed by atoms with E-state index >= 15 is 0 Å². The first kappa shape index (κ1) is 11.4. The fourth-order valence-corrected chi connectivity index (χ4v) is 3.11. The average Bonchev–Trinajstić information content (AvgIpc) is 2.98. The lowest BCUT2D eigenvalue weighted by atomic mass is 10.1. The Morgan fingerprint density at radius 1 is 0.800 bits per heavy atom. The number of nitrogens with zero attached hydrogens (tertiary/aromatic N) is 2. The summed E-state index contributed by atoms with van der Waals surface area (Å²) in [4.78, 5) is 0. The Morgan fingerprint density at radius 3 is 2.20 bits per heavy atom. The molecule has 2 aromatic heterocycles. The molecule has 0 saturated heterocycles. The van der Waals surface area contributed by atoms with E-state index in [9.17, 15) is 0 Å². The lowest BCUT2D eigenvalue weighted by Crippen LogP contribution is -1.86. The van der Waals surface area contributed by atoms with Gasteiger partial charge in [-0.2, -0.15) is 0 Å². The molecule has 2 heteroatoms. The molecule has 0 N–H and O–H groups in total. The Bertz CT molecular complexity index is 911. The Labute approximate surface area is 117 Å². The van der Waals surface area contributed by atoms with Crippen LogP contribution in [0.5, 0.6) is 0 Å². The Balaban J connectivity index is 2.13. The minimum Gasteiger partial charge on any atom is -0.329 e. The summed E-state index contributed by atoms with van der Waals surface area (Å²) in [6.07, 6.45) is 0. The summed E-state index contributed by atoms with van der Waals surface area (Å²) >= 11 is 0. The molecule has 0 radical (unpaired) electrons. The quantitative estimate of drug-likeness (QED) is 0.479. The van der Waals surface area contributed by atoms with Crippen LogP contribution in [0.3, 0.4) is 0 Å². The van der Waals surface area contributed by atoms with E-state index in [1.165, 1.54) is 33.5 Å². The first-order valence-electron chi connectivity index (χ1n) is 6.88. The number of aryl methyl sites for hydroxylation is 2. The fourth-order valence-electron chi connectivity index (χ4n) is 3.11. The van der Waals surface area contributed by atoms with Crippen molar-refractivity contribution < 1.29 is 0 Å². The predicted octanol–water partition coefficient (Wildman–Crippen LogP) is 4.41. The molecule has 0 bridgehead atoms. The summed E-state index contributed by atoms with van der Waals surface area (Å²) < 4.78 is 4.60. The van der Waals surface area contributed by atoms with Gasteiger partial charge in [-0.25, -0.2) is 0 Å². The van der Waals surface area contributed by atoms with Crippen molar-refractivity contribution in [1.82, 2.24) is 8.97 Å². The topological polar surface area (TPSA) is 9.34 Å². The van der Waals surface area contributed by atoms with Gasteiger partial charge in [0.15, 0.2) is 0 Å². The highest BCUT2D eigenvalue weighted by molar-refractivity contribution is 5.86. The number of aromatic nitrogens is 2. The van der Waals surface area contributed by atoms with Crippen LogP contribution in [-0.4, -0.2) is 8.97 Å². The third-order valence-electron chi connectivity index (χ3n) is 4.14. The Kier molecular flexibility index (Phi) is 2.27. The molecular weight excluding hydrogens is 244 g/mol. The van der Waals surface area contributed by atoms with Crippen LogP contribution in [0.25, 0.3) is 27.8 Å². The van der Waals surface area contributed by atoms with Gasteiger partial charge >= 0.3 is 0 Å². The summed E-state index contributed by atoms with van der Waals surface area (Å²) in [7, 11) is 2.13. The summed E-state index contributed by atoms with van der Waals surface area (Å²) in [6, 6.07) is 21.4. The Hall–Kier alpha value is -2.48. The van der Waals surface area contributed by atoms with E-state index in [1.54, 1.807) is 0 Å². The molecule has 0 aliphatic heterocycles. The van der Waals surface area contributed by atoms with Crippen molar-refractivity contribution in [2.75, 3.05) is 0 Å². The van der Waals surface area contributed by atoms with Crippen molar-refractivity contribution in [2.45, 2.75) is 6.92 Å². The lowest BCUT2D eigenvalue weighted by Gasteiger charge is -2.01. The molecule has 0 unspecified atom stereocenters. The fraction of sp³-hybridized carbons (Fsp3) is 0.111. The highest BCUT2D eigenvalue weighted by Gasteiger charge is 2.14. The minimum atomic E-state index is 1.24. The molecule has 0 spiro atoms. The molecule has 4 aromatic rings. The molecule has 2 aromatic carbocycles. The zero-order chi connectivity index (χ0) is 13.7. The van der Waals surface area contributed by atoms with Gasteiger partial charge in [-0.3, -0.25) is 4.40 Å². The van der Waals surface area contributed by atoms with Crippen molar-refractivity contribution in [3.63, 3.8) is 0 Å². The zero-order valence-corrected chi connectivity index (χ0v) is 11.7. The van der Waals surface area contributed by atoms with Crippen molar-refractivity contribution in [2.24, 2.45) is 7.05 Å². The maximum atomic E-state index is 2.34. The van der Waals surface area contributed by atoms with Gasteiger partial charge in [0.2, 0.25) is 0 Å². The highest BCUT2D eigenvalue weighted by Crippen LogP contribution is 2.31. The number of para-hydroxylation sites is 2. The van der Waals surface area contributed by atoms with E-state index in [2.05, 4.69) is 83.6 Å². The van der Waals surface area contributed by atoms with E-state index < -0.39 is 0 Å². The standard InChI is InChI=1S/C18H16N2/c1-13-15(14-8-4-3-5-9-14)12-18-19(2)16-10-6-7-11-17(16)20(13)18/h3-12H,1-2H3. The number of imidazole rings is 1. The maximum Gasteiger partial charge on any atom is 0.118 e. The predicted molar refractivity (Wildman–Crippen MR) is 84.0 cm³/mol. The van der Waals surface area contributed by atoms with Gasteiger partial charge in [-0.15, -0.1) is 0 Å². The monoisotopic (exact) mass is 260 g/mol. The van der Waals surface area contributed by atoms with Crippen molar-refractivity contribution in [1.29, 1.82) is 0 Å². The summed E-state index contributed by atoms with van der Waals surface area (Å²) in [5.41, 5.74) is 7.65. The molecule has 98 valence electrons. The van der Waals surface area contributed by atoms with Crippen molar-refractivity contribution in [3.05, 3.63) is 66.4 Å². The lowest BCUT2D eigenvalue weighted by molar-refractivity contribution is 0.988. The second-order valence-electron chi connectivity index (χ2n) is 5.25. The third kappa shape index (κ3) is 1.39. The van der Waals surface area contributed by atoms with Crippen LogP contribution < -0.4 is 0 Å². The second-order valence-corrected chi connectivity index (χ2v) is 5.25. The van der Waals surface area contributed by atoms with E-state index in [0.29, 0.717) is 0 Å². The van der Waals surface area contributed by atoms with E-state index in [-0.39, 0.29) is 0 Å². The molecule has 0 fully saturated rings. The number of hydrogen-bond donors (Lipinski definition) is 0. The van der Waals surface area contributed by atoms with Gasteiger partial charge in [0, 0.05) is 18.3 Å². The van der Waals surface area contributed by atoms with Crippen LogP contribution >= 0.6 is 0 Å². The van der Waals surface area contributed by atoms with Gasteiger partial charge in [-0.1, -0.05) is 42.5 Å². The zero-order valence-electron chi connectivity index (χ0n) is 11.7. The largest absolute Gasteiger partial charge is 0.329 e. The van der Waals surface area contributed by atoms with Crippen molar-refractivity contribution >= 4 is 16.7 Å². The Morgan fingerprint density at radius 2 is 1.45 bits per heavy atom. The second kappa shape index (κ2) is 4.01. The molecule has 0 aliphatic rings. The first-order chi connectivity index (χ1) is 9.77. The summed E-state index contributed by atoms with van der Waals surface area (Å²) in [5, 5.41) is 0. The molecule has 0 amide bonds. The van der Waals surface area contributed by atoms with Gasteiger partial charge < -0.3 is 4.57 Å². The molecule has 2 nitrogen and oxygen atoms in total. The van der Waals surface area contributed by atoms with Gasteiger partial charge in [-0.05, 0) is 30.7 Å². The maximum absolute atomic E-state index is 2.34. The molecule has 0 aliphatic carbocycles. The molecule has 0 saturated carbocycles. The van der Waals surface area contributed by atoms with E-state index in [1.807, 2.05) is 0 Å². The normalized spacial score (nSPS) is 11.5. The summed E-state index contributed by atoms with van der Waals surface area (Å²) in [6.45, 7) is 2.20. The average molecular weight is 260 g/mol. The van der Waals surface area contributed by atoms with E-state index in [4.69, 9.17) is 0 Å². The van der Waals surface area contributed by atoms with Gasteiger partial charge in [0.05, 0.1) is 11.0 Å². The van der Waals surface area contributed by atoms with Gasteiger partial charge in [0.25, 0.3) is 0 Å². The minimum absolute atomic E-state index is 1.24. The van der Waals surface area contributed by atoms with Crippen LogP contribution in [0, 0.1) is 6.92 Å². The van der Waals surface area contributed by atoms with Crippen LogP contribution in [-0.2, 0) is 7.05 Å². The number of hydrogen-bond acceptors (Lipinski definition) is 0. The number of fused-ring (bicyclic) bond motifs is 3. The van der Waals surface area contributed by atoms with Crippen LogP contribution in [0.2, 0.25) is 0 Å². The van der Waals surface area contributed by atoms with Crippen LogP contribution in [0.4, 0.5) is 0 Å². The first-order valence-corrected chi connectivity index (χ1v) is 6.88. The molecule has 2 heterocycles. The molecule has 20 heavy (non-hydrogen) atoms. The highest BCUT2D eigenvalue weighted by atomic mass is 15.1.